The third-order valence-electron chi connectivity index (χ3n) is 3.88. The van der Waals surface area contributed by atoms with Crippen molar-refractivity contribution in [2.24, 2.45) is 5.10 Å². The molecule has 0 aliphatic heterocycles. The molecule has 0 bridgehead atoms. The minimum absolute atomic E-state index is 0.234. The molecule has 4 N–H and O–H groups in total. The molecule has 0 spiro atoms. The molecule has 1 heterocycles. The molecule has 9 nitrogen and oxygen atoms in total. The number of aromatic hydroxyl groups is 2. The number of benzene rings is 2. The number of aryl methyl sites for hydroxylation is 1. The largest absolute Gasteiger partial charge is 0.504 e. The van der Waals surface area contributed by atoms with Crippen molar-refractivity contribution in [3.8, 4) is 17.4 Å². The lowest BCUT2D eigenvalue weighted by atomic mass is 10.2. The highest BCUT2D eigenvalue weighted by Gasteiger charge is 2.07. The van der Waals surface area contributed by atoms with Crippen LogP contribution in [-0.4, -0.2) is 38.9 Å². The van der Waals surface area contributed by atoms with Crippen molar-refractivity contribution in [1.82, 2.24) is 15.4 Å². The molecule has 0 atom stereocenters. The Morgan fingerprint density at radius 1 is 1.10 bits per heavy atom. The van der Waals surface area contributed by atoms with Gasteiger partial charge < -0.3 is 20.3 Å². The van der Waals surface area contributed by atoms with Crippen LogP contribution in [-0.2, 0) is 11.3 Å². The second-order valence-corrected chi connectivity index (χ2v) is 6.34. The number of anilines is 1. The lowest BCUT2D eigenvalue weighted by Crippen LogP contribution is -2.25. The van der Waals surface area contributed by atoms with Gasteiger partial charge in [0.2, 0.25) is 11.8 Å². The SMILES string of the molecule is Cc1cc(OCC(=O)NN=Cc2ccc(O)c(O)c2)nc(NCc2ccccc2)n1. The summed E-state index contributed by atoms with van der Waals surface area (Å²) in [5.41, 5.74) is 4.60. The van der Waals surface area contributed by atoms with Crippen molar-refractivity contribution < 1.29 is 19.7 Å². The number of hydrogen-bond donors (Lipinski definition) is 4. The van der Waals surface area contributed by atoms with Gasteiger partial charge in [-0.15, -0.1) is 0 Å². The van der Waals surface area contributed by atoms with Crippen LogP contribution in [0.1, 0.15) is 16.8 Å². The van der Waals surface area contributed by atoms with E-state index in [9.17, 15) is 15.0 Å². The summed E-state index contributed by atoms with van der Waals surface area (Å²) < 4.78 is 5.43. The number of carbonyl (C=O) groups is 1. The molecule has 0 saturated carbocycles. The van der Waals surface area contributed by atoms with Gasteiger partial charge in [-0.3, -0.25) is 4.79 Å². The molecule has 3 aromatic rings. The minimum Gasteiger partial charge on any atom is -0.504 e. The fourth-order valence-corrected chi connectivity index (χ4v) is 2.44. The highest BCUT2D eigenvalue weighted by atomic mass is 16.5. The zero-order valence-electron chi connectivity index (χ0n) is 16.2. The number of aromatic nitrogens is 2. The van der Waals surface area contributed by atoms with Crippen LogP contribution in [0.4, 0.5) is 5.95 Å². The molecule has 30 heavy (non-hydrogen) atoms. The number of phenols is 2. The van der Waals surface area contributed by atoms with Gasteiger partial charge in [-0.25, -0.2) is 10.4 Å². The van der Waals surface area contributed by atoms with Gasteiger partial charge in [-0.1, -0.05) is 30.3 Å². The van der Waals surface area contributed by atoms with E-state index >= 15 is 0 Å². The Morgan fingerprint density at radius 2 is 1.90 bits per heavy atom. The van der Waals surface area contributed by atoms with Gasteiger partial charge in [0, 0.05) is 18.3 Å². The Kier molecular flexibility index (Phi) is 6.78. The van der Waals surface area contributed by atoms with Crippen LogP contribution in [0.25, 0.3) is 0 Å². The average Bonchev–Trinajstić information content (AvgIpc) is 2.74. The third kappa shape index (κ3) is 6.20. The molecule has 2 aromatic carbocycles. The topological polar surface area (TPSA) is 129 Å². The number of phenolic OH excluding ortho intramolecular Hbond substituents is 2. The summed E-state index contributed by atoms with van der Waals surface area (Å²) in [5, 5.41) is 25.6. The summed E-state index contributed by atoms with van der Waals surface area (Å²) >= 11 is 0. The van der Waals surface area contributed by atoms with Crippen LogP contribution < -0.4 is 15.5 Å². The summed E-state index contributed by atoms with van der Waals surface area (Å²) in [7, 11) is 0. The first kappa shape index (κ1) is 20.6. The number of rotatable bonds is 8. The highest BCUT2D eigenvalue weighted by Crippen LogP contribution is 2.23. The van der Waals surface area contributed by atoms with Crippen LogP contribution in [0.15, 0.2) is 59.7 Å². The number of carbonyl (C=O) groups excluding carboxylic acids is 1. The Morgan fingerprint density at radius 3 is 2.67 bits per heavy atom. The van der Waals surface area contributed by atoms with Gasteiger partial charge in [-0.05, 0) is 36.2 Å². The first-order valence-electron chi connectivity index (χ1n) is 9.10. The van der Waals surface area contributed by atoms with Crippen LogP contribution in [0.3, 0.4) is 0 Å². The molecule has 1 aromatic heterocycles. The van der Waals surface area contributed by atoms with E-state index in [1.54, 1.807) is 13.0 Å². The van der Waals surface area contributed by atoms with E-state index < -0.39 is 5.91 Å². The predicted molar refractivity (Wildman–Crippen MR) is 112 cm³/mol. The lowest BCUT2D eigenvalue weighted by Gasteiger charge is -2.09. The molecule has 0 fully saturated rings. The summed E-state index contributed by atoms with van der Waals surface area (Å²) in [6.07, 6.45) is 1.33. The van der Waals surface area contributed by atoms with Gasteiger partial charge in [0.05, 0.1) is 6.21 Å². The molecule has 0 unspecified atom stereocenters. The fraction of sp³-hybridized carbons (Fsp3) is 0.143. The zero-order valence-corrected chi connectivity index (χ0v) is 16.2. The molecule has 9 heteroatoms. The lowest BCUT2D eigenvalue weighted by molar-refractivity contribution is -0.123. The van der Waals surface area contributed by atoms with Crippen molar-refractivity contribution in [3.63, 3.8) is 0 Å². The maximum atomic E-state index is 11.9. The summed E-state index contributed by atoms with van der Waals surface area (Å²) in [6.45, 7) is 2.08. The first-order valence-corrected chi connectivity index (χ1v) is 9.10. The van der Waals surface area contributed by atoms with Crippen LogP contribution in [0.5, 0.6) is 17.4 Å². The number of nitrogens with zero attached hydrogens (tertiary/aromatic N) is 3. The van der Waals surface area contributed by atoms with E-state index in [-0.39, 0.29) is 24.0 Å². The number of amides is 1. The Balaban J connectivity index is 1.50. The predicted octanol–water partition coefficient (Wildman–Crippen LogP) is 2.34. The van der Waals surface area contributed by atoms with Gasteiger partial charge in [0.15, 0.2) is 18.1 Å². The minimum atomic E-state index is -0.482. The second kappa shape index (κ2) is 9.87. The molecular formula is C21H21N5O4. The monoisotopic (exact) mass is 407 g/mol. The number of nitrogens with one attached hydrogen (secondary N) is 2. The molecule has 1 amide bonds. The average molecular weight is 407 g/mol. The summed E-state index contributed by atoms with van der Waals surface area (Å²) in [4.78, 5) is 20.5. The molecule has 0 radical (unpaired) electrons. The summed E-state index contributed by atoms with van der Waals surface area (Å²) in [6, 6.07) is 15.6. The van der Waals surface area contributed by atoms with Gasteiger partial charge in [0.1, 0.15) is 0 Å². The number of ether oxygens (including phenoxy) is 1. The Bertz CT molecular complexity index is 1040. The molecule has 154 valence electrons. The Hall–Kier alpha value is -4.14. The normalized spacial score (nSPS) is 10.7. The second-order valence-electron chi connectivity index (χ2n) is 6.34. The van der Waals surface area contributed by atoms with Crippen molar-refractivity contribution >= 4 is 18.1 Å². The molecular weight excluding hydrogens is 386 g/mol. The maximum absolute atomic E-state index is 11.9. The van der Waals surface area contributed by atoms with Gasteiger partial charge in [-0.2, -0.15) is 10.1 Å². The van der Waals surface area contributed by atoms with Crippen LogP contribution in [0, 0.1) is 6.92 Å². The van der Waals surface area contributed by atoms with E-state index in [4.69, 9.17) is 4.74 Å². The van der Waals surface area contributed by atoms with E-state index in [2.05, 4.69) is 25.8 Å². The molecule has 0 aliphatic carbocycles. The third-order valence-corrected chi connectivity index (χ3v) is 3.88. The highest BCUT2D eigenvalue weighted by molar-refractivity contribution is 5.83. The van der Waals surface area contributed by atoms with E-state index in [1.165, 1.54) is 24.4 Å². The van der Waals surface area contributed by atoms with Crippen molar-refractivity contribution in [3.05, 3.63) is 71.4 Å². The zero-order chi connectivity index (χ0) is 21.3. The summed E-state index contributed by atoms with van der Waals surface area (Å²) in [5.74, 6) is -0.323. The standard InChI is InChI=1S/C21H21N5O4/c1-14-9-20(25-21(24-14)22-11-15-5-3-2-4-6-15)30-13-19(29)26-23-12-16-7-8-17(27)18(28)10-16/h2-10,12,27-28H,11,13H2,1H3,(H,26,29)(H,22,24,25). The number of hydrogen-bond acceptors (Lipinski definition) is 8. The van der Waals surface area contributed by atoms with Crippen molar-refractivity contribution in [1.29, 1.82) is 0 Å². The van der Waals surface area contributed by atoms with Gasteiger partial charge in [0.25, 0.3) is 5.91 Å². The van der Waals surface area contributed by atoms with Gasteiger partial charge >= 0.3 is 0 Å². The van der Waals surface area contributed by atoms with E-state index in [0.29, 0.717) is 23.8 Å². The molecule has 3 rings (SSSR count). The maximum Gasteiger partial charge on any atom is 0.278 e. The van der Waals surface area contributed by atoms with E-state index in [1.807, 2.05) is 30.3 Å². The quantitative estimate of drug-likeness (QED) is 0.256. The molecule has 0 aliphatic rings. The van der Waals surface area contributed by atoms with Crippen molar-refractivity contribution in [2.75, 3.05) is 11.9 Å². The number of hydrazone groups is 1. The van der Waals surface area contributed by atoms with Crippen LogP contribution in [0.2, 0.25) is 0 Å². The Labute approximate surface area is 173 Å². The fourth-order valence-electron chi connectivity index (χ4n) is 2.44. The van der Waals surface area contributed by atoms with Crippen LogP contribution >= 0.6 is 0 Å². The van der Waals surface area contributed by atoms with E-state index in [0.717, 1.165) is 5.56 Å². The first-order chi connectivity index (χ1) is 14.5. The van der Waals surface area contributed by atoms with Crippen molar-refractivity contribution in [2.45, 2.75) is 13.5 Å². The molecule has 0 saturated heterocycles. The smallest absolute Gasteiger partial charge is 0.278 e.